The number of rotatable bonds is 2. The lowest BCUT2D eigenvalue weighted by atomic mass is 9.92. The Morgan fingerprint density at radius 2 is 1.56 bits per heavy atom. The number of carbonyl (C=O) groups is 2. The van der Waals surface area contributed by atoms with Crippen LogP contribution in [0.5, 0.6) is 0 Å². The first-order valence-corrected chi connectivity index (χ1v) is 8.63. The molecular weight excluding hydrogens is 322 g/mol. The van der Waals surface area contributed by atoms with E-state index in [4.69, 9.17) is 9.47 Å². The molecule has 1 aromatic heterocycles. The first-order chi connectivity index (χ1) is 12.1. The van der Waals surface area contributed by atoms with Crippen LogP contribution < -0.4 is 4.90 Å². The molecule has 0 bridgehead atoms. The quantitative estimate of drug-likeness (QED) is 0.787. The number of hydrogen-bond acceptors (Lipinski definition) is 7. The highest BCUT2D eigenvalue weighted by atomic mass is 16.5. The number of pyridine rings is 1. The molecule has 0 aromatic carbocycles. The zero-order valence-electron chi connectivity index (χ0n) is 14.3. The van der Waals surface area contributed by atoms with E-state index in [1.165, 1.54) is 6.08 Å². The third-order valence-electron chi connectivity index (χ3n) is 4.85. The third kappa shape index (κ3) is 2.94. The monoisotopic (exact) mass is 343 g/mol. The number of fused-ring (bicyclic) bond motifs is 1. The Morgan fingerprint density at radius 3 is 2.20 bits per heavy atom. The van der Waals surface area contributed by atoms with E-state index in [0.29, 0.717) is 50.8 Å². The summed E-state index contributed by atoms with van der Waals surface area (Å²) in [5.41, 5.74) is 1.96. The number of hydrogen-bond donors (Lipinski definition) is 0. The molecular formula is C18H21N3O4. The van der Waals surface area contributed by atoms with Gasteiger partial charge in [-0.25, -0.2) is 4.98 Å². The first-order valence-electron chi connectivity index (χ1n) is 8.63. The Hall–Kier alpha value is -2.25. The maximum Gasteiger partial charge on any atom is 0.211 e. The summed E-state index contributed by atoms with van der Waals surface area (Å²) in [7, 11) is 0. The van der Waals surface area contributed by atoms with Gasteiger partial charge in [0.25, 0.3) is 0 Å². The van der Waals surface area contributed by atoms with Gasteiger partial charge in [0.1, 0.15) is 11.5 Å². The van der Waals surface area contributed by atoms with Crippen molar-refractivity contribution in [3.8, 4) is 0 Å². The van der Waals surface area contributed by atoms with Crippen molar-refractivity contribution < 1.29 is 19.1 Å². The van der Waals surface area contributed by atoms with E-state index in [9.17, 15) is 9.59 Å². The van der Waals surface area contributed by atoms with Gasteiger partial charge in [0.15, 0.2) is 0 Å². The number of aryl methyl sites for hydroxylation is 1. The number of ether oxygens (including phenoxy) is 2. The Balaban J connectivity index is 1.69. The standard InChI is InChI=1S/C18H21N3O4/c1-12-10-15(21-4-8-25-9-5-21)19-17-14(22)11-13(18(23)16(12)17)20-2-6-24-7-3-20/h10-11H,2-9H2,1H3. The van der Waals surface area contributed by atoms with E-state index >= 15 is 0 Å². The molecule has 2 fully saturated rings. The van der Waals surface area contributed by atoms with E-state index in [2.05, 4.69) is 9.88 Å². The zero-order valence-corrected chi connectivity index (χ0v) is 14.3. The molecule has 0 radical (unpaired) electrons. The van der Waals surface area contributed by atoms with Crippen LogP contribution in [0.1, 0.15) is 26.4 Å². The van der Waals surface area contributed by atoms with Crippen LogP contribution in [0.4, 0.5) is 5.82 Å². The van der Waals surface area contributed by atoms with Crippen molar-refractivity contribution in [1.82, 2.24) is 9.88 Å². The van der Waals surface area contributed by atoms with Crippen LogP contribution in [-0.4, -0.2) is 74.1 Å². The number of ketones is 2. The molecule has 0 N–H and O–H groups in total. The fraction of sp³-hybridized carbons (Fsp3) is 0.500. The van der Waals surface area contributed by atoms with Crippen molar-refractivity contribution in [3.63, 3.8) is 0 Å². The van der Waals surface area contributed by atoms with Gasteiger partial charge in [-0.2, -0.15) is 0 Å². The predicted octanol–water partition coefficient (Wildman–Crippen LogP) is 0.822. The Bertz CT molecular complexity index is 747. The molecule has 4 rings (SSSR count). The van der Waals surface area contributed by atoms with Gasteiger partial charge in [-0.3, -0.25) is 9.59 Å². The minimum absolute atomic E-state index is 0.116. The van der Waals surface area contributed by atoms with Gasteiger partial charge in [-0.05, 0) is 18.6 Å². The molecule has 0 saturated carbocycles. The molecule has 2 aliphatic heterocycles. The average molecular weight is 343 g/mol. The minimum Gasteiger partial charge on any atom is -0.378 e. The summed E-state index contributed by atoms with van der Waals surface area (Å²) in [5.74, 6) is 0.424. The van der Waals surface area contributed by atoms with E-state index in [1.54, 1.807) is 0 Å². The van der Waals surface area contributed by atoms with Crippen LogP contribution in [0.2, 0.25) is 0 Å². The molecule has 25 heavy (non-hydrogen) atoms. The minimum atomic E-state index is -0.200. The molecule has 0 amide bonds. The molecule has 2 saturated heterocycles. The molecule has 0 unspecified atom stereocenters. The maximum atomic E-state index is 13.0. The third-order valence-corrected chi connectivity index (χ3v) is 4.85. The van der Waals surface area contributed by atoms with Gasteiger partial charge >= 0.3 is 0 Å². The predicted molar refractivity (Wildman–Crippen MR) is 91.1 cm³/mol. The van der Waals surface area contributed by atoms with Crippen molar-refractivity contribution in [2.45, 2.75) is 6.92 Å². The van der Waals surface area contributed by atoms with E-state index in [0.717, 1.165) is 24.5 Å². The fourth-order valence-electron chi connectivity index (χ4n) is 3.50. The summed E-state index contributed by atoms with van der Waals surface area (Å²) in [6.45, 7) is 7.02. The highest BCUT2D eigenvalue weighted by molar-refractivity contribution is 6.24. The van der Waals surface area contributed by atoms with Crippen LogP contribution in [0.15, 0.2) is 17.8 Å². The lowest BCUT2D eigenvalue weighted by Crippen LogP contribution is -2.40. The molecule has 132 valence electrons. The summed E-state index contributed by atoms with van der Waals surface area (Å²) in [6.07, 6.45) is 1.44. The maximum absolute atomic E-state index is 13.0. The summed E-state index contributed by atoms with van der Waals surface area (Å²) >= 11 is 0. The highest BCUT2D eigenvalue weighted by Crippen LogP contribution is 2.28. The van der Waals surface area contributed by atoms with Crippen molar-refractivity contribution in [2.75, 3.05) is 57.5 Å². The number of allylic oxidation sites excluding steroid dienone is 2. The van der Waals surface area contributed by atoms with Crippen molar-refractivity contribution in [3.05, 3.63) is 34.7 Å². The number of morpholine rings is 2. The SMILES string of the molecule is Cc1cc(N2CCOCC2)nc2c1C(=O)C(N1CCOCC1)=CC2=O. The van der Waals surface area contributed by atoms with Gasteiger partial charge < -0.3 is 19.3 Å². The van der Waals surface area contributed by atoms with E-state index < -0.39 is 0 Å². The molecule has 1 aliphatic carbocycles. The summed E-state index contributed by atoms with van der Waals surface area (Å²) < 4.78 is 10.7. The Labute approximate surface area is 146 Å². The Morgan fingerprint density at radius 1 is 0.960 bits per heavy atom. The molecule has 7 nitrogen and oxygen atoms in total. The number of Topliss-reactive ketones (excluding diaryl/α,β-unsaturated/α-hetero) is 1. The van der Waals surface area contributed by atoms with Crippen LogP contribution >= 0.6 is 0 Å². The van der Waals surface area contributed by atoms with E-state index in [-0.39, 0.29) is 17.3 Å². The lowest BCUT2D eigenvalue weighted by Gasteiger charge is -2.32. The van der Waals surface area contributed by atoms with Gasteiger partial charge in [0.2, 0.25) is 11.6 Å². The number of nitrogens with zero attached hydrogens (tertiary/aromatic N) is 3. The molecule has 0 spiro atoms. The fourth-order valence-corrected chi connectivity index (χ4v) is 3.50. The van der Waals surface area contributed by atoms with Crippen molar-refractivity contribution in [1.29, 1.82) is 0 Å². The number of aromatic nitrogens is 1. The zero-order chi connectivity index (χ0) is 17.4. The first kappa shape index (κ1) is 16.2. The summed E-state index contributed by atoms with van der Waals surface area (Å²) in [4.78, 5) is 34.2. The largest absolute Gasteiger partial charge is 0.378 e. The second-order valence-corrected chi connectivity index (χ2v) is 6.44. The average Bonchev–Trinajstić information content (AvgIpc) is 2.65. The number of anilines is 1. The summed E-state index contributed by atoms with van der Waals surface area (Å²) in [5, 5.41) is 0. The smallest absolute Gasteiger partial charge is 0.211 e. The van der Waals surface area contributed by atoms with Crippen LogP contribution in [-0.2, 0) is 9.47 Å². The second kappa shape index (κ2) is 6.57. The van der Waals surface area contributed by atoms with Gasteiger partial charge in [0.05, 0.1) is 37.7 Å². The van der Waals surface area contributed by atoms with Crippen molar-refractivity contribution >= 4 is 17.4 Å². The number of carbonyl (C=O) groups excluding carboxylic acids is 2. The van der Waals surface area contributed by atoms with Crippen LogP contribution in [0.25, 0.3) is 0 Å². The molecule has 7 heteroatoms. The highest BCUT2D eigenvalue weighted by Gasteiger charge is 2.33. The molecule has 0 atom stereocenters. The molecule has 3 heterocycles. The lowest BCUT2D eigenvalue weighted by molar-refractivity contribution is 0.0501. The van der Waals surface area contributed by atoms with Crippen molar-refractivity contribution in [2.24, 2.45) is 0 Å². The van der Waals surface area contributed by atoms with Gasteiger partial charge in [0, 0.05) is 32.3 Å². The van der Waals surface area contributed by atoms with Crippen LogP contribution in [0.3, 0.4) is 0 Å². The van der Waals surface area contributed by atoms with Gasteiger partial charge in [-0.15, -0.1) is 0 Å². The summed E-state index contributed by atoms with van der Waals surface area (Å²) in [6, 6.07) is 1.90. The van der Waals surface area contributed by atoms with E-state index in [1.807, 2.05) is 17.9 Å². The molecule has 1 aromatic rings. The van der Waals surface area contributed by atoms with Crippen LogP contribution in [0, 0.1) is 6.92 Å². The normalized spacial score (nSPS) is 21.2. The van der Waals surface area contributed by atoms with Gasteiger partial charge in [-0.1, -0.05) is 0 Å². The molecule has 3 aliphatic rings. The topological polar surface area (TPSA) is 72.0 Å². The second-order valence-electron chi connectivity index (χ2n) is 6.44. The Kier molecular flexibility index (Phi) is 4.27.